The van der Waals surface area contributed by atoms with Crippen molar-refractivity contribution in [2.75, 3.05) is 26.3 Å². The average molecular weight is 235 g/mol. The zero-order valence-corrected chi connectivity index (χ0v) is 9.69. The van der Waals surface area contributed by atoms with E-state index in [4.69, 9.17) is 4.74 Å². The van der Waals surface area contributed by atoms with Gasteiger partial charge in [0.15, 0.2) is 0 Å². The minimum atomic E-state index is 0.0311. The SMILES string of the molecule is O=C(Cc1ccncc1)NCC1COCCN1. The number of amides is 1. The van der Waals surface area contributed by atoms with Crippen molar-refractivity contribution < 1.29 is 9.53 Å². The van der Waals surface area contributed by atoms with Crippen molar-refractivity contribution in [2.24, 2.45) is 0 Å². The highest BCUT2D eigenvalue weighted by Crippen LogP contribution is 1.97. The molecule has 17 heavy (non-hydrogen) atoms. The molecule has 5 heteroatoms. The Hall–Kier alpha value is -1.46. The van der Waals surface area contributed by atoms with Crippen molar-refractivity contribution in [3.05, 3.63) is 30.1 Å². The minimum Gasteiger partial charge on any atom is -0.378 e. The van der Waals surface area contributed by atoms with Crippen LogP contribution in [0.4, 0.5) is 0 Å². The van der Waals surface area contributed by atoms with Crippen molar-refractivity contribution in [1.29, 1.82) is 0 Å². The van der Waals surface area contributed by atoms with Gasteiger partial charge in [-0.2, -0.15) is 0 Å². The fourth-order valence-corrected chi connectivity index (χ4v) is 1.74. The van der Waals surface area contributed by atoms with Gasteiger partial charge in [-0.05, 0) is 17.7 Å². The van der Waals surface area contributed by atoms with Crippen molar-refractivity contribution in [1.82, 2.24) is 15.6 Å². The Morgan fingerprint density at radius 2 is 2.35 bits per heavy atom. The molecule has 1 aliphatic heterocycles. The highest BCUT2D eigenvalue weighted by molar-refractivity contribution is 5.78. The number of nitrogens with one attached hydrogen (secondary N) is 2. The standard InChI is InChI=1S/C12H17N3O2/c16-12(7-10-1-3-13-4-2-10)15-8-11-9-17-6-5-14-11/h1-4,11,14H,5-9H2,(H,15,16). The van der Waals surface area contributed by atoms with Crippen molar-refractivity contribution in [3.8, 4) is 0 Å². The molecule has 1 atom stereocenters. The Balaban J connectivity index is 1.70. The molecule has 0 radical (unpaired) electrons. The smallest absolute Gasteiger partial charge is 0.224 e. The number of carbonyl (C=O) groups excluding carboxylic acids is 1. The van der Waals surface area contributed by atoms with Gasteiger partial charge < -0.3 is 15.4 Å². The fraction of sp³-hybridized carbons (Fsp3) is 0.500. The lowest BCUT2D eigenvalue weighted by atomic mass is 10.2. The molecule has 0 bridgehead atoms. The third-order valence-corrected chi connectivity index (χ3v) is 2.66. The molecule has 92 valence electrons. The van der Waals surface area contributed by atoms with Crippen LogP contribution in [0, 0.1) is 0 Å². The molecule has 1 unspecified atom stereocenters. The lowest BCUT2D eigenvalue weighted by Crippen LogP contribution is -2.48. The Bertz CT molecular complexity index is 350. The fourth-order valence-electron chi connectivity index (χ4n) is 1.74. The quantitative estimate of drug-likeness (QED) is 0.754. The Morgan fingerprint density at radius 1 is 1.53 bits per heavy atom. The van der Waals surface area contributed by atoms with Gasteiger partial charge in [-0.3, -0.25) is 9.78 Å². The largest absolute Gasteiger partial charge is 0.378 e. The minimum absolute atomic E-state index is 0.0311. The zero-order valence-electron chi connectivity index (χ0n) is 9.69. The van der Waals surface area contributed by atoms with Gasteiger partial charge in [0.1, 0.15) is 0 Å². The molecular formula is C12H17N3O2. The maximum Gasteiger partial charge on any atom is 0.224 e. The van der Waals surface area contributed by atoms with Gasteiger partial charge in [0.05, 0.1) is 19.6 Å². The number of hydrogen-bond acceptors (Lipinski definition) is 4. The molecule has 5 nitrogen and oxygen atoms in total. The summed E-state index contributed by atoms with van der Waals surface area (Å²) in [4.78, 5) is 15.6. The molecule has 2 rings (SSSR count). The molecule has 1 saturated heterocycles. The first-order valence-corrected chi connectivity index (χ1v) is 5.81. The molecule has 1 aromatic rings. The molecule has 0 aromatic carbocycles. The second-order valence-electron chi connectivity index (χ2n) is 4.06. The van der Waals surface area contributed by atoms with E-state index in [0.29, 0.717) is 19.6 Å². The van der Waals surface area contributed by atoms with E-state index in [1.807, 2.05) is 12.1 Å². The second-order valence-corrected chi connectivity index (χ2v) is 4.06. The van der Waals surface area contributed by atoms with E-state index >= 15 is 0 Å². The summed E-state index contributed by atoms with van der Waals surface area (Å²) >= 11 is 0. The van der Waals surface area contributed by atoms with Crippen LogP contribution in [0.3, 0.4) is 0 Å². The summed E-state index contributed by atoms with van der Waals surface area (Å²) in [5, 5.41) is 6.19. The molecule has 1 aliphatic rings. The zero-order chi connectivity index (χ0) is 11.9. The maximum absolute atomic E-state index is 11.7. The summed E-state index contributed by atoms with van der Waals surface area (Å²) in [6, 6.07) is 3.92. The Labute approximate surface area is 101 Å². The van der Waals surface area contributed by atoms with Gasteiger partial charge in [-0.25, -0.2) is 0 Å². The third kappa shape index (κ3) is 4.13. The van der Waals surface area contributed by atoms with Gasteiger partial charge in [0.25, 0.3) is 0 Å². The van der Waals surface area contributed by atoms with Crippen LogP contribution in [-0.2, 0) is 16.0 Å². The number of nitrogens with zero attached hydrogens (tertiary/aromatic N) is 1. The monoisotopic (exact) mass is 235 g/mol. The average Bonchev–Trinajstić information content (AvgIpc) is 2.39. The van der Waals surface area contributed by atoms with Gasteiger partial charge in [0, 0.05) is 31.5 Å². The molecule has 0 spiro atoms. The van der Waals surface area contributed by atoms with Crippen LogP contribution in [-0.4, -0.2) is 43.2 Å². The number of pyridine rings is 1. The highest BCUT2D eigenvalue weighted by atomic mass is 16.5. The number of ether oxygens (including phenoxy) is 1. The van der Waals surface area contributed by atoms with Crippen LogP contribution in [0.25, 0.3) is 0 Å². The van der Waals surface area contributed by atoms with E-state index in [9.17, 15) is 4.79 Å². The summed E-state index contributed by atoms with van der Waals surface area (Å²) in [5.41, 5.74) is 0.977. The van der Waals surface area contributed by atoms with Gasteiger partial charge in [0.2, 0.25) is 5.91 Å². The summed E-state index contributed by atoms with van der Waals surface area (Å²) < 4.78 is 5.31. The first kappa shape index (κ1) is 12.0. The van der Waals surface area contributed by atoms with Crippen LogP contribution in [0.15, 0.2) is 24.5 Å². The summed E-state index contributed by atoms with van der Waals surface area (Å²) in [5.74, 6) is 0.0311. The van der Waals surface area contributed by atoms with E-state index in [0.717, 1.165) is 18.7 Å². The van der Waals surface area contributed by atoms with E-state index in [1.165, 1.54) is 0 Å². The number of morpholine rings is 1. The van der Waals surface area contributed by atoms with E-state index in [2.05, 4.69) is 15.6 Å². The highest BCUT2D eigenvalue weighted by Gasteiger charge is 2.13. The Morgan fingerprint density at radius 3 is 3.06 bits per heavy atom. The third-order valence-electron chi connectivity index (χ3n) is 2.66. The van der Waals surface area contributed by atoms with Gasteiger partial charge in [-0.1, -0.05) is 0 Å². The van der Waals surface area contributed by atoms with Gasteiger partial charge in [-0.15, -0.1) is 0 Å². The number of rotatable bonds is 4. The van der Waals surface area contributed by atoms with Crippen molar-refractivity contribution in [3.63, 3.8) is 0 Å². The number of carbonyl (C=O) groups is 1. The van der Waals surface area contributed by atoms with E-state index in [1.54, 1.807) is 12.4 Å². The van der Waals surface area contributed by atoms with Crippen LogP contribution < -0.4 is 10.6 Å². The van der Waals surface area contributed by atoms with E-state index < -0.39 is 0 Å². The van der Waals surface area contributed by atoms with Gasteiger partial charge >= 0.3 is 0 Å². The molecule has 0 aliphatic carbocycles. The molecule has 0 saturated carbocycles. The van der Waals surface area contributed by atoms with Crippen LogP contribution in [0.5, 0.6) is 0 Å². The molecule has 2 N–H and O–H groups in total. The second kappa shape index (κ2) is 6.32. The first-order valence-electron chi connectivity index (χ1n) is 5.81. The van der Waals surface area contributed by atoms with Crippen LogP contribution in [0.2, 0.25) is 0 Å². The number of hydrogen-bond donors (Lipinski definition) is 2. The summed E-state index contributed by atoms with van der Waals surface area (Å²) in [6.45, 7) is 2.88. The lowest BCUT2D eigenvalue weighted by Gasteiger charge is -2.23. The Kier molecular flexibility index (Phi) is 4.46. The first-order chi connectivity index (χ1) is 8.34. The van der Waals surface area contributed by atoms with E-state index in [-0.39, 0.29) is 11.9 Å². The van der Waals surface area contributed by atoms with Crippen LogP contribution >= 0.6 is 0 Å². The van der Waals surface area contributed by atoms with Crippen LogP contribution in [0.1, 0.15) is 5.56 Å². The summed E-state index contributed by atoms with van der Waals surface area (Å²) in [6.07, 6.45) is 3.79. The molecule has 1 aromatic heterocycles. The molecular weight excluding hydrogens is 218 g/mol. The molecule has 2 heterocycles. The maximum atomic E-state index is 11.7. The van der Waals surface area contributed by atoms with Crippen molar-refractivity contribution in [2.45, 2.75) is 12.5 Å². The topological polar surface area (TPSA) is 63.2 Å². The predicted molar refractivity (Wildman–Crippen MR) is 63.6 cm³/mol. The lowest BCUT2D eigenvalue weighted by molar-refractivity contribution is -0.120. The molecule has 1 amide bonds. The number of aromatic nitrogens is 1. The van der Waals surface area contributed by atoms with Crippen molar-refractivity contribution >= 4 is 5.91 Å². The molecule has 1 fully saturated rings. The predicted octanol–water partition coefficient (Wildman–Crippen LogP) is -0.271. The summed E-state index contributed by atoms with van der Waals surface area (Å²) in [7, 11) is 0. The normalized spacial score (nSPS) is 19.9.